The predicted octanol–water partition coefficient (Wildman–Crippen LogP) is 6.64. The lowest BCUT2D eigenvalue weighted by atomic mass is 9.73. The summed E-state index contributed by atoms with van der Waals surface area (Å²) in [5.74, 6) is 4.87. The van der Waals surface area contributed by atoms with Gasteiger partial charge in [0.25, 0.3) is 0 Å². The lowest BCUT2D eigenvalue weighted by Gasteiger charge is -2.33. The maximum Gasteiger partial charge on any atom is 0.128 e. The summed E-state index contributed by atoms with van der Waals surface area (Å²) in [6.45, 7) is 4.30. The number of hydrogen-bond donors (Lipinski definition) is 0. The Bertz CT molecular complexity index is 550. The quantitative estimate of drug-likeness (QED) is 0.567. The SMILES string of the molecule is COc1c(C)cc(C)c(OC)c1CC1CCC(CC2CCCCC2)CC1. The molecule has 2 aliphatic carbocycles. The van der Waals surface area contributed by atoms with Crippen LogP contribution in [-0.4, -0.2) is 14.2 Å². The van der Waals surface area contributed by atoms with Crippen molar-refractivity contribution >= 4 is 0 Å². The standard InChI is InChI=1S/C24H38O2/c1-17-14-18(2)24(26-4)22(23(17)25-3)16-21-12-10-20(11-13-21)15-19-8-6-5-7-9-19/h14,19-21H,5-13,15-16H2,1-4H3. The summed E-state index contributed by atoms with van der Waals surface area (Å²) in [5.41, 5.74) is 3.75. The molecule has 0 unspecified atom stereocenters. The summed E-state index contributed by atoms with van der Waals surface area (Å²) in [7, 11) is 3.59. The molecule has 3 rings (SSSR count). The van der Waals surface area contributed by atoms with E-state index in [4.69, 9.17) is 9.47 Å². The van der Waals surface area contributed by atoms with Crippen LogP contribution in [-0.2, 0) is 6.42 Å². The van der Waals surface area contributed by atoms with E-state index in [1.165, 1.54) is 80.9 Å². The zero-order valence-electron chi connectivity index (χ0n) is 17.4. The highest BCUT2D eigenvalue weighted by Gasteiger charge is 2.27. The molecule has 0 aliphatic heterocycles. The molecule has 0 amide bonds. The van der Waals surface area contributed by atoms with Crippen molar-refractivity contribution in [1.82, 2.24) is 0 Å². The molecular formula is C24H38O2. The van der Waals surface area contributed by atoms with Crippen LogP contribution in [0.1, 0.15) is 80.9 Å². The van der Waals surface area contributed by atoms with Gasteiger partial charge in [0, 0.05) is 5.56 Å². The van der Waals surface area contributed by atoms with E-state index in [1.807, 2.05) is 0 Å². The van der Waals surface area contributed by atoms with Crippen LogP contribution < -0.4 is 9.47 Å². The molecule has 0 bridgehead atoms. The minimum atomic E-state index is 0.779. The smallest absolute Gasteiger partial charge is 0.128 e. The summed E-state index contributed by atoms with van der Waals surface area (Å²) in [4.78, 5) is 0. The van der Waals surface area contributed by atoms with E-state index in [1.54, 1.807) is 14.2 Å². The Kier molecular flexibility index (Phi) is 6.89. The van der Waals surface area contributed by atoms with Gasteiger partial charge in [0.05, 0.1) is 14.2 Å². The molecule has 0 saturated heterocycles. The average molecular weight is 359 g/mol. The Balaban J connectivity index is 1.60. The molecule has 1 aromatic carbocycles. The molecule has 2 nitrogen and oxygen atoms in total. The van der Waals surface area contributed by atoms with E-state index in [0.717, 1.165) is 35.7 Å². The fourth-order valence-electron chi connectivity index (χ4n) is 5.64. The number of methoxy groups -OCH3 is 2. The number of benzene rings is 1. The second kappa shape index (κ2) is 9.15. The number of hydrogen-bond acceptors (Lipinski definition) is 2. The number of aryl methyl sites for hydroxylation is 2. The van der Waals surface area contributed by atoms with Crippen molar-refractivity contribution < 1.29 is 9.47 Å². The van der Waals surface area contributed by atoms with Crippen LogP contribution in [0, 0.1) is 31.6 Å². The van der Waals surface area contributed by atoms with Crippen molar-refractivity contribution in [3.63, 3.8) is 0 Å². The van der Waals surface area contributed by atoms with E-state index >= 15 is 0 Å². The van der Waals surface area contributed by atoms with E-state index in [9.17, 15) is 0 Å². The van der Waals surface area contributed by atoms with Gasteiger partial charge in [-0.15, -0.1) is 0 Å². The number of ether oxygens (including phenoxy) is 2. The first-order valence-corrected chi connectivity index (χ1v) is 10.8. The molecular weight excluding hydrogens is 320 g/mol. The Morgan fingerprint density at radius 3 is 1.77 bits per heavy atom. The monoisotopic (exact) mass is 358 g/mol. The van der Waals surface area contributed by atoms with Crippen LogP contribution in [0.2, 0.25) is 0 Å². The first-order chi connectivity index (χ1) is 12.6. The van der Waals surface area contributed by atoms with E-state index in [2.05, 4.69) is 19.9 Å². The Morgan fingerprint density at radius 1 is 0.731 bits per heavy atom. The van der Waals surface area contributed by atoms with Gasteiger partial charge in [-0.2, -0.15) is 0 Å². The Hall–Kier alpha value is -1.18. The van der Waals surface area contributed by atoms with E-state index in [0.29, 0.717) is 0 Å². The fraction of sp³-hybridized carbons (Fsp3) is 0.750. The third-order valence-corrected chi connectivity index (χ3v) is 6.96. The highest BCUT2D eigenvalue weighted by atomic mass is 16.5. The highest BCUT2D eigenvalue weighted by Crippen LogP contribution is 2.42. The van der Waals surface area contributed by atoms with Crippen LogP contribution in [0.5, 0.6) is 11.5 Å². The van der Waals surface area contributed by atoms with Crippen molar-refractivity contribution in [2.75, 3.05) is 14.2 Å². The molecule has 1 aromatic rings. The third-order valence-electron chi connectivity index (χ3n) is 6.96. The van der Waals surface area contributed by atoms with Gasteiger partial charge < -0.3 is 9.47 Å². The zero-order chi connectivity index (χ0) is 18.5. The summed E-state index contributed by atoms with van der Waals surface area (Å²) >= 11 is 0. The van der Waals surface area contributed by atoms with Crippen molar-refractivity contribution in [3.05, 3.63) is 22.8 Å². The molecule has 0 aromatic heterocycles. The van der Waals surface area contributed by atoms with Crippen molar-refractivity contribution in [3.8, 4) is 11.5 Å². The molecule has 0 heterocycles. The van der Waals surface area contributed by atoms with Gasteiger partial charge in [0.15, 0.2) is 0 Å². The van der Waals surface area contributed by atoms with Gasteiger partial charge in [0.2, 0.25) is 0 Å². The minimum Gasteiger partial charge on any atom is -0.496 e. The van der Waals surface area contributed by atoms with Gasteiger partial charge >= 0.3 is 0 Å². The van der Waals surface area contributed by atoms with Gasteiger partial charge in [-0.1, -0.05) is 44.9 Å². The largest absolute Gasteiger partial charge is 0.496 e. The highest BCUT2D eigenvalue weighted by molar-refractivity contribution is 5.54. The molecule has 26 heavy (non-hydrogen) atoms. The molecule has 2 heteroatoms. The lowest BCUT2D eigenvalue weighted by Crippen LogP contribution is -2.20. The topological polar surface area (TPSA) is 18.5 Å². The number of rotatable bonds is 6. The van der Waals surface area contributed by atoms with Crippen molar-refractivity contribution in [2.45, 2.75) is 84.5 Å². The molecule has 2 saturated carbocycles. The minimum absolute atomic E-state index is 0.779. The summed E-state index contributed by atoms with van der Waals surface area (Å²) < 4.78 is 11.5. The Morgan fingerprint density at radius 2 is 1.23 bits per heavy atom. The average Bonchev–Trinajstić information content (AvgIpc) is 2.64. The zero-order valence-corrected chi connectivity index (χ0v) is 17.4. The molecule has 0 atom stereocenters. The molecule has 2 aliphatic rings. The summed E-state index contributed by atoms with van der Waals surface area (Å²) in [5, 5.41) is 0. The summed E-state index contributed by atoms with van der Waals surface area (Å²) in [6, 6.07) is 2.18. The Labute approximate surface area is 160 Å². The summed E-state index contributed by atoms with van der Waals surface area (Å²) in [6.07, 6.45) is 15.6. The first kappa shape index (κ1) is 19.6. The van der Waals surface area contributed by atoms with Crippen LogP contribution >= 0.6 is 0 Å². The van der Waals surface area contributed by atoms with Crippen molar-refractivity contribution in [2.24, 2.45) is 17.8 Å². The van der Waals surface area contributed by atoms with Gasteiger partial charge in [-0.25, -0.2) is 0 Å². The van der Waals surface area contributed by atoms with Gasteiger partial charge in [-0.3, -0.25) is 0 Å². The molecule has 0 N–H and O–H groups in total. The molecule has 0 spiro atoms. The predicted molar refractivity (Wildman–Crippen MR) is 109 cm³/mol. The fourth-order valence-corrected chi connectivity index (χ4v) is 5.64. The first-order valence-electron chi connectivity index (χ1n) is 10.8. The van der Waals surface area contributed by atoms with E-state index in [-0.39, 0.29) is 0 Å². The maximum atomic E-state index is 5.76. The third kappa shape index (κ3) is 4.56. The molecule has 0 radical (unpaired) electrons. The molecule has 146 valence electrons. The van der Waals surface area contributed by atoms with Crippen LogP contribution in [0.15, 0.2) is 6.07 Å². The van der Waals surface area contributed by atoms with Crippen molar-refractivity contribution in [1.29, 1.82) is 0 Å². The van der Waals surface area contributed by atoms with Gasteiger partial charge in [0.1, 0.15) is 11.5 Å². The van der Waals surface area contributed by atoms with Crippen LogP contribution in [0.4, 0.5) is 0 Å². The van der Waals surface area contributed by atoms with Gasteiger partial charge in [-0.05, 0) is 74.5 Å². The molecule has 2 fully saturated rings. The van der Waals surface area contributed by atoms with Crippen LogP contribution in [0.3, 0.4) is 0 Å². The van der Waals surface area contributed by atoms with Crippen LogP contribution in [0.25, 0.3) is 0 Å². The van der Waals surface area contributed by atoms with E-state index < -0.39 is 0 Å². The second-order valence-corrected chi connectivity index (χ2v) is 8.89. The normalized spacial score (nSPS) is 24.5. The maximum absolute atomic E-state index is 5.76. The lowest BCUT2D eigenvalue weighted by molar-refractivity contribution is 0.210. The second-order valence-electron chi connectivity index (χ2n) is 8.89.